The Morgan fingerprint density at radius 3 is 2.16 bits per heavy atom. The maximum Gasteiger partial charge on any atom is 0.389 e. The van der Waals surface area contributed by atoms with E-state index in [4.69, 9.17) is 0 Å². The van der Waals surface area contributed by atoms with E-state index < -0.39 is 30.0 Å². The molecule has 1 N–H and O–H groups in total. The number of unbranched alkanes of at least 4 members (excludes halogenated alkanes) is 1. The molecule has 19 heavy (non-hydrogen) atoms. The van der Waals surface area contributed by atoms with Gasteiger partial charge in [-0.1, -0.05) is 0 Å². The van der Waals surface area contributed by atoms with Crippen molar-refractivity contribution in [3.8, 4) is 0 Å². The highest BCUT2D eigenvalue weighted by Crippen LogP contribution is 2.21. The summed E-state index contributed by atoms with van der Waals surface area (Å²) in [6, 6.07) is 1.17. The van der Waals surface area contributed by atoms with Gasteiger partial charge < -0.3 is 5.32 Å². The van der Waals surface area contributed by atoms with Crippen molar-refractivity contribution in [1.29, 1.82) is 0 Å². The van der Waals surface area contributed by atoms with Crippen LogP contribution in [0.4, 0.5) is 26.3 Å². The van der Waals surface area contributed by atoms with Gasteiger partial charge in [-0.3, -0.25) is 0 Å². The van der Waals surface area contributed by atoms with Gasteiger partial charge in [0.05, 0.1) is 0 Å². The molecule has 0 spiro atoms. The number of hydrogen-bond donors (Lipinski definition) is 1. The Morgan fingerprint density at radius 2 is 1.53 bits per heavy atom. The van der Waals surface area contributed by atoms with Crippen LogP contribution in [0, 0.1) is 17.5 Å². The van der Waals surface area contributed by atoms with Crippen LogP contribution in [-0.4, -0.2) is 12.7 Å². The van der Waals surface area contributed by atoms with Crippen LogP contribution in [0.25, 0.3) is 0 Å². The van der Waals surface area contributed by atoms with Crippen LogP contribution < -0.4 is 5.32 Å². The van der Waals surface area contributed by atoms with Crippen LogP contribution in [0.5, 0.6) is 0 Å². The smallest absolute Gasteiger partial charge is 0.313 e. The van der Waals surface area contributed by atoms with Gasteiger partial charge in [0, 0.05) is 24.6 Å². The van der Waals surface area contributed by atoms with E-state index in [-0.39, 0.29) is 31.5 Å². The molecule has 1 aromatic carbocycles. The van der Waals surface area contributed by atoms with Crippen LogP contribution >= 0.6 is 0 Å². The van der Waals surface area contributed by atoms with Crippen molar-refractivity contribution in [1.82, 2.24) is 5.32 Å². The molecule has 0 amide bonds. The van der Waals surface area contributed by atoms with Gasteiger partial charge in [-0.25, -0.2) is 13.2 Å². The Hall–Kier alpha value is -1.24. The summed E-state index contributed by atoms with van der Waals surface area (Å²) in [7, 11) is 0. The quantitative estimate of drug-likeness (QED) is 0.474. The molecule has 0 heterocycles. The lowest BCUT2D eigenvalue weighted by Gasteiger charge is -2.08. The topological polar surface area (TPSA) is 12.0 Å². The molecule has 0 aromatic heterocycles. The Bertz CT molecular complexity index is 415. The second kappa shape index (κ2) is 6.79. The molecule has 0 bridgehead atoms. The minimum atomic E-state index is -4.17. The molecule has 0 fully saturated rings. The summed E-state index contributed by atoms with van der Waals surface area (Å²) in [4.78, 5) is 0. The fourth-order valence-corrected chi connectivity index (χ4v) is 1.50. The predicted octanol–water partition coefficient (Wildman–Crippen LogP) is 3.93. The van der Waals surface area contributed by atoms with Crippen LogP contribution in [0.3, 0.4) is 0 Å². The largest absolute Gasteiger partial charge is 0.389 e. The zero-order valence-electron chi connectivity index (χ0n) is 9.96. The maximum absolute atomic E-state index is 13.2. The lowest BCUT2D eigenvalue weighted by molar-refractivity contribution is -0.135. The number of nitrogens with one attached hydrogen (secondary N) is 1. The fourth-order valence-electron chi connectivity index (χ4n) is 1.50. The molecule has 1 aromatic rings. The van der Waals surface area contributed by atoms with Crippen molar-refractivity contribution in [3.05, 3.63) is 35.1 Å². The summed E-state index contributed by atoms with van der Waals surface area (Å²) in [6.07, 6.45) is -4.80. The van der Waals surface area contributed by atoms with Crippen molar-refractivity contribution in [2.24, 2.45) is 0 Å². The van der Waals surface area contributed by atoms with Gasteiger partial charge in [-0.05, 0) is 25.5 Å². The molecule has 0 radical (unpaired) electrons. The lowest BCUT2D eigenvalue weighted by atomic mass is 10.2. The molecule has 108 valence electrons. The van der Waals surface area contributed by atoms with E-state index in [1.54, 1.807) is 0 Å². The van der Waals surface area contributed by atoms with Crippen molar-refractivity contribution in [2.75, 3.05) is 6.54 Å². The monoisotopic (exact) mass is 285 g/mol. The second-order valence-corrected chi connectivity index (χ2v) is 4.11. The normalized spacial score (nSPS) is 11.9. The molecular formula is C12H13F6N. The Kier molecular flexibility index (Phi) is 5.65. The van der Waals surface area contributed by atoms with Gasteiger partial charge in [0.1, 0.15) is 5.82 Å². The number of benzene rings is 1. The second-order valence-electron chi connectivity index (χ2n) is 4.11. The molecule has 0 aliphatic rings. The lowest BCUT2D eigenvalue weighted by Crippen LogP contribution is -2.17. The van der Waals surface area contributed by atoms with Gasteiger partial charge in [0.15, 0.2) is 11.6 Å². The SMILES string of the molecule is Fc1cc(F)c(CNCCCCC(F)(F)F)cc1F. The zero-order chi connectivity index (χ0) is 14.5. The van der Waals surface area contributed by atoms with Crippen molar-refractivity contribution in [3.63, 3.8) is 0 Å². The van der Waals surface area contributed by atoms with Gasteiger partial charge in [0.2, 0.25) is 0 Å². The first-order chi connectivity index (χ1) is 8.79. The van der Waals surface area contributed by atoms with E-state index in [1.165, 1.54) is 0 Å². The standard InChI is InChI=1S/C12H13F6N/c13-9-6-11(15)10(14)5-8(9)7-19-4-2-1-3-12(16,17)18/h5-6,19H,1-4,7H2. The third kappa shape index (κ3) is 5.96. The summed E-state index contributed by atoms with van der Waals surface area (Å²) in [5, 5.41) is 2.68. The van der Waals surface area contributed by atoms with Crippen LogP contribution in [-0.2, 0) is 6.54 Å². The number of halogens is 6. The average molecular weight is 285 g/mol. The van der Waals surface area contributed by atoms with Crippen LogP contribution in [0.1, 0.15) is 24.8 Å². The van der Waals surface area contributed by atoms with Gasteiger partial charge in [0.25, 0.3) is 0 Å². The highest BCUT2D eigenvalue weighted by Gasteiger charge is 2.25. The van der Waals surface area contributed by atoms with E-state index in [1.807, 2.05) is 0 Å². The van der Waals surface area contributed by atoms with Crippen LogP contribution in [0.2, 0.25) is 0 Å². The maximum atomic E-state index is 13.2. The average Bonchev–Trinajstić information content (AvgIpc) is 2.28. The zero-order valence-corrected chi connectivity index (χ0v) is 9.96. The molecule has 7 heteroatoms. The first kappa shape index (κ1) is 15.8. The highest BCUT2D eigenvalue weighted by molar-refractivity contribution is 5.19. The Balaban J connectivity index is 2.28. The fraction of sp³-hybridized carbons (Fsp3) is 0.500. The summed E-state index contributed by atoms with van der Waals surface area (Å²) in [5.41, 5.74) is -0.0604. The first-order valence-electron chi connectivity index (χ1n) is 5.70. The van der Waals surface area contributed by atoms with Gasteiger partial charge in [-0.2, -0.15) is 13.2 Å². The van der Waals surface area contributed by atoms with E-state index >= 15 is 0 Å². The molecular weight excluding hydrogens is 272 g/mol. The van der Waals surface area contributed by atoms with Gasteiger partial charge in [-0.15, -0.1) is 0 Å². The molecule has 0 unspecified atom stereocenters. The summed E-state index contributed by atoms with van der Waals surface area (Å²) >= 11 is 0. The molecule has 1 nitrogen and oxygen atoms in total. The van der Waals surface area contributed by atoms with E-state index in [0.717, 1.165) is 6.07 Å². The third-order valence-corrected chi connectivity index (χ3v) is 2.47. The van der Waals surface area contributed by atoms with Crippen molar-refractivity contribution in [2.45, 2.75) is 32.0 Å². The van der Waals surface area contributed by atoms with E-state index in [9.17, 15) is 26.3 Å². The summed E-state index contributed by atoms with van der Waals surface area (Å²) in [5.74, 6) is -3.32. The predicted molar refractivity (Wildman–Crippen MR) is 57.9 cm³/mol. The number of rotatable bonds is 6. The highest BCUT2D eigenvalue weighted by atomic mass is 19.4. The molecule has 0 aliphatic heterocycles. The van der Waals surface area contributed by atoms with Gasteiger partial charge >= 0.3 is 6.18 Å². The molecule has 1 rings (SSSR count). The number of alkyl halides is 3. The van der Waals surface area contributed by atoms with Crippen molar-refractivity contribution < 1.29 is 26.3 Å². The molecule has 0 aliphatic carbocycles. The molecule has 0 atom stereocenters. The van der Waals surface area contributed by atoms with Crippen molar-refractivity contribution >= 4 is 0 Å². The van der Waals surface area contributed by atoms with E-state index in [2.05, 4.69) is 5.32 Å². The molecule has 0 saturated carbocycles. The molecule has 0 saturated heterocycles. The minimum absolute atomic E-state index is 0.0310. The minimum Gasteiger partial charge on any atom is -0.313 e. The Morgan fingerprint density at radius 1 is 0.895 bits per heavy atom. The third-order valence-electron chi connectivity index (χ3n) is 2.47. The summed E-state index contributed by atoms with van der Waals surface area (Å²) in [6.45, 7) is 0.184. The van der Waals surface area contributed by atoms with E-state index in [0.29, 0.717) is 6.07 Å². The Labute approximate surface area is 106 Å². The number of hydrogen-bond acceptors (Lipinski definition) is 1. The summed E-state index contributed by atoms with van der Waals surface area (Å²) < 4.78 is 74.1. The van der Waals surface area contributed by atoms with Crippen LogP contribution in [0.15, 0.2) is 12.1 Å². The first-order valence-corrected chi connectivity index (χ1v) is 5.70.